The zero-order chi connectivity index (χ0) is 21.3. The van der Waals surface area contributed by atoms with Gasteiger partial charge in [0.15, 0.2) is 6.61 Å². The van der Waals surface area contributed by atoms with Gasteiger partial charge >= 0.3 is 0 Å². The number of hydrogen-bond acceptors (Lipinski definition) is 5. The SMILES string of the molecule is O=C(COc1ccc(Br)cc1)NCc1nc(C(=O)NCCc2ccccc2F)cs1. The predicted octanol–water partition coefficient (Wildman–Crippen LogP) is 3.71. The lowest BCUT2D eigenvalue weighted by molar-refractivity contribution is -0.123. The van der Waals surface area contributed by atoms with E-state index in [-0.39, 0.29) is 36.5 Å². The summed E-state index contributed by atoms with van der Waals surface area (Å²) in [5, 5.41) is 7.65. The molecule has 2 amide bonds. The van der Waals surface area contributed by atoms with Crippen molar-refractivity contribution in [2.24, 2.45) is 0 Å². The Bertz CT molecular complexity index is 1010. The number of amides is 2. The number of nitrogens with zero attached hydrogens (tertiary/aromatic N) is 1. The Morgan fingerprint density at radius 1 is 1.10 bits per heavy atom. The number of halogens is 2. The van der Waals surface area contributed by atoms with Crippen LogP contribution in [0.15, 0.2) is 58.4 Å². The van der Waals surface area contributed by atoms with Gasteiger partial charge in [0.05, 0.1) is 6.54 Å². The van der Waals surface area contributed by atoms with Gasteiger partial charge < -0.3 is 15.4 Å². The maximum Gasteiger partial charge on any atom is 0.270 e. The van der Waals surface area contributed by atoms with E-state index in [9.17, 15) is 14.0 Å². The second-order valence-corrected chi connectivity index (χ2v) is 8.10. The molecule has 0 bridgehead atoms. The summed E-state index contributed by atoms with van der Waals surface area (Å²) in [6.45, 7) is 0.392. The van der Waals surface area contributed by atoms with Gasteiger partial charge in [-0.05, 0) is 42.3 Å². The molecule has 0 fully saturated rings. The summed E-state index contributed by atoms with van der Waals surface area (Å²) in [7, 11) is 0. The van der Waals surface area contributed by atoms with Gasteiger partial charge in [0, 0.05) is 16.4 Å². The molecule has 0 radical (unpaired) electrons. The Morgan fingerprint density at radius 2 is 1.87 bits per heavy atom. The van der Waals surface area contributed by atoms with Crippen LogP contribution in [0.4, 0.5) is 4.39 Å². The third-order valence-electron chi connectivity index (χ3n) is 4.04. The van der Waals surface area contributed by atoms with E-state index in [0.717, 1.165) is 4.47 Å². The topological polar surface area (TPSA) is 80.3 Å². The summed E-state index contributed by atoms with van der Waals surface area (Å²) in [5.41, 5.74) is 0.814. The Hall–Kier alpha value is -2.78. The van der Waals surface area contributed by atoms with Crippen LogP contribution in [0.25, 0.3) is 0 Å². The van der Waals surface area contributed by atoms with Crippen LogP contribution in [0.1, 0.15) is 21.1 Å². The molecular weight excluding hydrogens is 473 g/mol. The Labute approximate surface area is 185 Å². The zero-order valence-electron chi connectivity index (χ0n) is 15.9. The number of nitrogens with one attached hydrogen (secondary N) is 2. The summed E-state index contributed by atoms with van der Waals surface area (Å²) >= 11 is 4.61. The number of carbonyl (C=O) groups excluding carboxylic acids is 2. The van der Waals surface area contributed by atoms with Crippen molar-refractivity contribution in [1.29, 1.82) is 0 Å². The fourth-order valence-corrected chi connectivity index (χ4v) is 3.48. The first-order valence-electron chi connectivity index (χ1n) is 9.12. The lowest BCUT2D eigenvalue weighted by atomic mass is 10.1. The maximum absolute atomic E-state index is 13.6. The highest BCUT2D eigenvalue weighted by molar-refractivity contribution is 9.10. The lowest BCUT2D eigenvalue weighted by Gasteiger charge is -2.06. The maximum atomic E-state index is 13.6. The van der Waals surface area contributed by atoms with Crippen LogP contribution in [-0.4, -0.2) is 29.9 Å². The van der Waals surface area contributed by atoms with E-state index in [1.165, 1.54) is 17.4 Å². The van der Waals surface area contributed by atoms with Crippen molar-refractivity contribution in [3.63, 3.8) is 0 Å². The molecule has 0 atom stereocenters. The number of hydrogen-bond donors (Lipinski definition) is 2. The van der Waals surface area contributed by atoms with Gasteiger partial charge in [-0.2, -0.15) is 0 Å². The highest BCUT2D eigenvalue weighted by Crippen LogP contribution is 2.16. The number of thiazole rings is 1. The molecule has 0 aliphatic carbocycles. The summed E-state index contributed by atoms with van der Waals surface area (Å²) in [4.78, 5) is 28.3. The molecule has 0 saturated heterocycles. The molecule has 2 N–H and O–H groups in total. The molecule has 0 aliphatic heterocycles. The third-order valence-corrected chi connectivity index (χ3v) is 5.42. The van der Waals surface area contributed by atoms with Gasteiger partial charge in [0.1, 0.15) is 22.3 Å². The standard InChI is InChI=1S/C21H19BrFN3O3S/c22-15-5-7-16(8-6-15)29-12-19(27)25-11-20-26-18(13-30-20)21(28)24-10-9-14-3-1-2-4-17(14)23/h1-8,13H,9-12H2,(H,24,28)(H,25,27). The van der Waals surface area contributed by atoms with Crippen LogP contribution in [-0.2, 0) is 17.8 Å². The summed E-state index contributed by atoms with van der Waals surface area (Å²) in [5.74, 6) is -0.317. The van der Waals surface area contributed by atoms with Crippen molar-refractivity contribution in [3.05, 3.63) is 80.5 Å². The fourth-order valence-electron chi connectivity index (χ4n) is 2.50. The largest absolute Gasteiger partial charge is 0.484 e. The number of aromatic nitrogens is 1. The van der Waals surface area contributed by atoms with E-state index < -0.39 is 0 Å². The molecule has 156 valence electrons. The van der Waals surface area contributed by atoms with Crippen molar-refractivity contribution in [3.8, 4) is 5.75 Å². The highest BCUT2D eigenvalue weighted by atomic mass is 79.9. The van der Waals surface area contributed by atoms with Crippen molar-refractivity contribution in [1.82, 2.24) is 15.6 Å². The summed E-state index contributed by atoms with van der Waals surface area (Å²) in [6, 6.07) is 13.6. The van der Waals surface area contributed by atoms with E-state index in [2.05, 4.69) is 31.5 Å². The van der Waals surface area contributed by atoms with Crippen molar-refractivity contribution in [2.45, 2.75) is 13.0 Å². The number of carbonyl (C=O) groups is 2. The van der Waals surface area contributed by atoms with E-state index >= 15 is 0 Å². The lowest BCUT2D eigenvalue weighted by Crippen LogP contribution is -2.28. The molecular formula is C21H19BrFN3O3S. The molecule has 30 heavy (non-hydrogen) atoms. The van der Waals surface area contributed by atoms with Crippen LogP contribution < -0.4 is 15.4 Å². The summed E-state index contributed by atoms with van der Waals surface area (Å²) < 4.78 is 19.9. The van der Waals surface area contributed by atoms with E-state index in [4.69, 9.17) is 4.74 Å². The molecule has 6 nitrogen and oxygen atoms in total. The number of rotatable bonds is 9. The minimum absolute atomic E-state index is 0.115. The third kappa shape index (κ3) is 6.64. The quantitative estimate of drug-likeness (QED) is 0.478. The average Bonchev–Trinajstić information content (AvgIpc) is 3.22. The first-order valence-corrected chi connectivity index (χ1v) is 10.8. The Morgan fingerprint density at radius 3 is 2.63 bits per heavy atom. The second-order valence-electron chi connectivity index (χ2n) is 6.24. The van der Waals surface area contributed by atoms with E-state index in [1.54, 1.807) is 35.7 Å². The van der Waals surface area contributed by atoms with Crippen LogP contribution in [0, 0.1) is 5.82 Å². The van der Waals surface area contributed by atoms with Gasteiger partial charge in [0.2, 0.25) is 0 Å². The monoisotopic (exact) mass is 491 g/mol. The molecule has 9 heteroatoms. The first-order chi connectivity index (χ1) is 14.5. The molecule has 0 unspecified atom stereocenters. The van der Waals surface area contributed by atoms with Gasteiger partial charge in [-0.1, -0.05) is 34.1 Å². The molecule has 3 aromatic rings. The van der Waals surface area contributed by atoms with Crippen molar-refractivity contribution in [2.75, 3.05) is 13.2 Å². The molecule has 3 rings (SSSR count). The normalized spacial score (nSPS) is 10.5. The Balaban J connectivity index is 1.39. The average molecular weight is 492 g/mol. The van der Waals surface area contributed by atoms with Gasteiger partial charge in [-0.3, -0.25) is 9.59 Å². The van der Waals surface area contributed by atoms with Crippen LogP contribution in [0.2, 0.25) is 0 Å². The second kappa shape index (κ2) is 10.8. The van der Waals surface area contributed by atoms with Gasteiger partial charge in [-0.25, -0.2) is 9.37 Å². The molecule has 0 saturated carbocycles. The van der Waals surface area contributed by atoms with Crippen molar-refractivity contribution >= 4 is 39.1 Å². The van der Waals surface area contributed by atoms with Gasteiger partial charge in [-0.15, -0.1) is 11.3 Å². The Kier molecular flexibility index (Phi) is 7.92. The smallest absolute Gasteiger partial charge is 0.270 e. The molecule has 0 aliphatic rings. The minimum atomic E-state index is -0.335. The van der Waals surface area contributed by atoms with E-state index in [1.807, 2.05) is 12.1 Å². The fraction of sp³-hybridized carbons (Fsp3) is 0.190. The van der Waals surface area contributed by atoms with Gasteiger partial charge in [0.25, 0.3) is 11.8 Å². The number of benzene rings is 2. The number of ether oxygens (including phenoxy) is 1. The van der Waals surface area contributed by atoms with E-state index in [0.29, 0.717) is 29.3 Å². The minimum Gasteiger partial charge on any atom is -0.484 e. The highest BCUT2D eigenvalue weighted by Gasteiger charge is 2.12. The molecule has 0 spiro atoms. The van der Waals surface area contributed by atoms with Crippen molar-refractivity contribution < 1.29 is 18.7 Å². The summed E-state index contributed by atoms with van der Waals surface area (Å²) in [6.07, 6.45) is 0.393. The van der Waals surface area contributed by atoms with Crippen LogP contribution in [0.3, 0.4) is 0 Å². The zero-order valence-corrected chi connectivity index (χ0v) is 18.3. The van der Waals surface area contributed by atoms with Crippen LogP contribution >= 0.6 is 27.3 Å². The molecule has 1 heterocycles. The molecule has 2 aromatic carbocycles. The first kappa shape index (κ1) is 21.9. The van der Waals surface area contributed by atoms with Crippen LogP contribution in [0.5, 0.6) is 5.75 Å². The molecule has 1 aromatic heterocycles. The predicted molar refractivity (Wildman–Crippen MR) is 116 cm³/mol.